The van der Waals surface area contributed by atoms with Crippen molar-refractivity contribution >= 4 is 5.91 Å². The maximum Gasteiger partial charge on any atom is 0.251 e. The number of benzene rings is 1. The normalized spacial score (nSPS) is 12.5. The molecular weight excluding hydrogens is 226 g/mol. The molecule has 1 atom stereocenters. The lowest BCUT2D eigenvalue weighted by atomic mass is 10.1. The summed E-state index contributed by atoms with van der Waals surface area (Å²) in [4.78, 5) is 14.0. The number of hydrogen-bond donors (Lipinski definition) is 2. The van der Waals surface area contributed by atoms with Gasteiger partial charge in [0.1, 0.15) is 0 Å². The van der Waals surface area contributed by atoms with Crippen molar-refractivity contribution in [1.82, 2.24) is 10.2 Å². The van der Waals surface area contributed by atoms with Gasteiger partial charge in [-0.15, -0.1) is 0 Å². The Kier molecular flexibility index (Phi) is 5.82. The fourth-order valence-electron chi connectivity index (χ4n) is 1.69. The number of hydrogen-bond acceptors (Lipinski definition) is 3. The van der Waals surface area contributed by atoms with E-state index in [1.54, 1.807) is 0 Å². The number of nitrogens with one attached hydrogen (secondary N) is 1. The molecule has 0 spiro atoms. The van der Waals surface area contributed by atoms with Gasteiger partial charge in [-0.1, -0.05) is 12.1 Å². The molecule has 0 aliphatic carbocycles. The van der Waals surface area contributed by atoms with E-state index in [4.69, 9.17) is 5.73 Å². The summed E-state index contributed by atoms with van der Waals surface area (Å²) in [5.74, 6) is -0.0312. The first-order valence-electron chi connectivity index (χ1n) is 6.26. The maximum atomic E-state index is 11.9. The fraction of sp³-hybridized carbons (Fsp3) is 0.500. The molecule has 18 heavy (non-hydrogen) atoms. The van der Waals surface area contributed by atoms with Crippen LogP contribution in [0.3, 0.4) is 0 Å². The molecule has 1 aromatic carbocycles. The van der Waals surface area contributed by atoms with Gasteiger partial charge in [-0.2, -0.15) is 0 Å². The van der Waals surface area contributed by atoms with Crippen LogP contribution in [-0.2, 0) is 6.54 Å². The summed E-state index contributed by atoms with van der Waals surface area (Å²) in [7, 11) is 4.02. The summed E-state index contributed by atoms with van der Waals surface area (Å²) in [6, 6.07) is 7.82. The van der Waals surface area contributed by atoms with E-state index in [9.17, 15) is 4.79 Å². The highest BCUT2D eigenvalue weighted by atomic mass is 16.1. The van der Waals surface area contributed by atoms with Gasteiger partial charge in [-0.05, 0) is 45.1 Å². The van der Waals surface area contributed by atoms with Crippen molar-refractivity contribution in [3.63, 3.8) is 0 Å². The smallest absolute Gasteiger partial charge is 0.251 e. The Morgan fingerprint density at radius 1 is 1.44 bits per heavy atom. The minimum atomic E-state index is -0.0312. The van der Waals surface area contributed by atoms with Crippen LogP contribution in [0.1, 0.15) is 29.3 Å². The van der Waals surface area contributed by atoms with Gasteiger partial charge < -0.3 is 16.0 Å². The topological polar surface area (TPSA) is 58.4 Å². The zero-order valence-corrected chi connectivity index (χ0v) is 11.4. The molecule has 3 N–H and O–H groups in total. The molecule has 0 saturated carbocycles. The van der Waals surface area contributed by atoms with Crippen LogP contribution in [0.4, 0.5) is 0 Å². The minimum absolute atomic E-state index is 0.0312. The van der Waals surface area contributed by atoms with Crippen LogP contribution in [0.15, 0.2) is 24.3 Å². The van der Waals surface area contributed by atoms with Gasteiger partial charge in [-0.25, -0.2) is 0 Å². The van der Waals surface area contributed by atoms with E-state index < -0.39 is 0 Å². The second kappa shape index (κ2) is 7.13. The Morgan fingerprint density at radius 2 is 2.17 bits per heavy atom. The molecule has 0 aliphatic rings. The van der Waals surface area contributed by atoms with Gasteiger partial charge in [0.2, 0.25) is 0 Å². The van der Waals surface area contributed by atoms with Crippen LogP contribution in [0.2, 0.25) is 0 Å². The Morgan fingerprint density at radius 3 is 2.78 bits per heavy atom. The van der Waals surface area contributed by atoms with E-state index in [-0.39, 0.29) is 11.9 Å². The predicted molar refractivity (Wildman–Crippen MR) is 74.4 cm³/mol. The highest BCUT2D eigenvalue weighted by Crippen LogP contribution is 2.07. The summed E-state index contributed by atoms with van der Waals surface area (Å²) in [6.45, 7) is 3.39. The first-order chi connectivity index (χ1) is 8.49. The third-order valence-electron chi connectivity index (χ3n) is 2.57. The van der Waals surface area contributed by atoms with E-state index >= 15 is 0 Å². The lowest BCUT2D eigenvalue weighted by Crippen LogP contribution is -2.29. The maximum absolute atomic E-state index is 11.9. The number of amides is 1. The van der Waals surface area contributed by atoms with Crippen molar-refractivity contribution in [3.05, 3.63) is 35.4 Å². The molecule has 1 rings (SSSR count). The van der Waals surface area contributed by atoms with Gasteiger partial charge in [-0.3, -0.25) is 4.79 Å². The largest absolute Gasteiger partial charge is 0.352 e. The Balaban J connectivity index is 2.57. The Bertz CT molecular complexity index is 388. The van der Waals surface area contributed by atoms with Crippen LogP contribution >= 0.6 is 0 Å². The molecule has 0 bridgehead atoms. The van der Waals surface area contributed by atoms with Gasteiger partial charge in [0, 0.05) is 24.7 Å². The zero-order chi connectivity index (χ0) is 13.5. The molecule has 0 saturated heterocycles. The van der Waals surface area contributed by atoms with Gasteiger partial charge >= 0.3 is 0 Å². The highest BCUT2D eigenvalue weighted by molar-refractivity contribution is 5.94. The van der Waals surface area contributed by atoms with E-state index in [1.165, 1.54) is 0 Å². The number of nitrogens with zero attached hydrogens (tertiary/aromatic N) is 1. The summed E-state index contributed by atoms with van der Waals surface area (Å²) in [5, 5.41) is 2.88. The third kappa shape index (κ3) is 5.29. The van der Waals surface area contributed by atoms with Crippen molar-refractivity contribution in [2.24, 2.45) is 5.73 Å². The first kappa shape index (κ1) is 14.7. The number of carbonyl (C=O) groups excluding carboxylic acids is 1. The molecular formula is C14H23N3O. The average Bonchev–Trinajstić information content (AvgIpc) is 2.27. The summed E-state index contributed by atoms with van der Waals surface area (Å²) in [5.41, 5.74) is 7.49. The van der Waals surface area contributed by atoms with Crippen LogP contribution in [-0.4, -0.2) is 37.5 Å². The summed E-state index contributed by atoms with van der Waals surface area (Å²) >= 11 is 0. The second-order valence-corrected chi connectivity index (χ2v) is 4.96. The minimum Gasteiger partial charge on any atom is -0.352 e. The Labute approximate surface area is 109 Å². The summed E-state index contributed by atoms with van der Waals surface area (Å²) < 4.78 is 0. The zero-order valence-electron chi connectivity index (χ0n) is 11.4. The summed E-state index contributed by atoms with van der Waals surface area (Å²) in [6.07, 6.45) is 0.795. The van der Waals surface area contributed by atoms with Crippen LogP contribution in [0, 0.1) is 0 Å². The third-order valence-corrected chi connectivity index (χ3v) is 2.57. The quantitative estimate of drug-likeness (QED) is 0.797. The molecule has 0 radical (unpaired) electrons. The number of nitrogens with two attached hydrogens (primary N) is 1. The van der Waals surface area contributed by atoms with Crippen LogP contribution in [0.25, 0.3) is 0 Å². The fourth-order valence-corrected chi connectivity index (χ4v) is 1.69. The van der Waals surface area contributed by atoms with E-state index in [2.05, 4.69) is 10.2 Å². The lowest BCUT2D eigenvalue weighted by Gasteiger charge is -2.11. The van der Waals surface area contributed by atoms with E-state index in [1.807, 2.05) is 45.3 Å². The van der Waals surface area contributed by atoms with Crippen LogP contribution < -0.4 is 11.1 Å². The van der Waals surface area contributed by atoms with Crippen molar-refractivity contribution in [1.29, 1.82) is 0 Å². The molecule has 0 aromatic heterocycles. The molecule has 1 unspecified atom stereocenters. The molecule has 1 aromatic rings. The molecule has 4 nitrogen and oxygen atoms in total. The van der Waals surface area contributed by atoms with Crippen LogP contribution in [0.5, 0.6) is 0 Å². The average molecular weight is 249 g/mol. The monoisotopic (exact) mass is 249 g/mol. The van der Waals surface area contributed by atoms with E-state index in [0.29, 0.717) is 12.1 Å². The number of carbonyl (C=O) groups is 1. The molecule has 100 valence electrons. The standard InChI is InChI=1S/C14H23N3O/c1-11(15)7-8-16-14(18)13-6-4-5-12(9-13)10-17(2)3/h4-6,9,11H,7-8,10,15H2,1-3H3,(H,16,18). The molecule has 4 heteroatoms. The van der Waals surface area contributed by atoms with Crippen molar-refractivity contribution in [2.45, 2.75) is 25.9 Å². The predicted octanol–water partition coefficient (Wildman–Crippen LogP) is 1.22. The van der Waals surface area contributed by atoms with E-state index in [0.717, 1.165) is 18.5 Å². The first-order valence-corrected chi connectivity index (χ1v) is 6.26. The SMILES string of the molecule is CC(N)CCNC(=O)c1cccc(CN(C)C)c1. The number of rotatable bonds is 6. The molecule has 0 heterocycles. The second-order valence-electron chi connectivity index (χ2n) is 4.96. The van der Waals surface area contributed by atoms with Crippen molar-refractivity contribution in [3.8, 4) is 0 Å². The Hall–Kier alpha value is -1.39. The van der Waals surface area contributed by atoms with Crippen molar-refractivity contribution in [2.75, 3.05) is 20.6 Å². The molecule has 0 aliphatic heterocycles. The molecule has 0 fully saturated rings. The highest BCUT2D eigenvalue weighted by Gasteiger charge is 2.06. The van der Waals surface area contributed by atoms with Gasteiger partial charge in [0.05, 0.1) is 0 Å². The van der Waals surface area contributed by atoms with Gasteiger partial charge in [0.25, 0.3) is 5.91 Å². The van der Waals surface area contributed by atoms with Gasteiger partial charge in [0.15, 0.2) is 0 Å². The molecule has 1 amide bonds. The van der Waals surface area contributed by atoms with Crippen molar-refractivity contribution < 1.29 is 4.79 Å². The lowest BCUT2D eigenvalue weighted by molar-refractivity contribution is 0.0952.